The zero-order valence-electron chi connectivity index (χ0n) is 28.8. The van der Waals surface area contributed by atoms with E-state index in [4.69, 9.17) is 15.3 Å². The smallest absolute Gasteiger partial charge is 0.115 e. The van der Waals surface area contributed by atoms with E-state index in [1.165, 1.54) is 101 Å². The van der Waals surface area contributed by atoms with Gasteiger partial charge in [-0.3, -0.25) is 0 Å². The quantitative estimate of drug-likeness (QED) is 0.0970. The molecule has 248 valence electrons. The molecule has 0 saturated carbocycles. The predicted molar refractivity (Wildman–Crippen MR) is 183 cm³/mol. The number of aromatic hydroxyl groups is 1. The molecule has 0 aliphatic heterocycles. The molecular formula is C38H68O4Ti. The first kappa shape index (κ1) is 46.3. The second-order valence-corrected chi connectivity index (χ2v) is 12.0. The number of phenolic OH excluding ortho intramolecular Hbond substituents is 1. The molecule has 0 aliphatic carbocycles. The number of unbranched alkanes of at least 4 members (excludes halogenated alkanes) is 14. The van der Waals surface area contributed by atoms with Gasteiger partial charge in [0.1, 0.15) is 5.75 Å². The molecule has 0 spiro atoms. The molecule has 0 aliphatic rings. The van der Waals surface area contributed by atoms with Crippen LogP contribution in [0.15, 0.2) is 54.6 Å². The second-order valence-electron chi connectivity index (χ2n) is 12.0. The number of aliphatic hydroxyl groups excluding tert-OH is 3. The average molecular weight is 637 g/mol. The molecule has 0 unspecified atom stereocenters. The van der Waals surface area contributed by atoms with Gasteiger partial charge in [-0.25, -0.2) is 0 Å². The molecule has 0 atom stereocenters. The van der Waals surface area contributed by atoms with Crippen LogP contribution in [0, 0.1) is 0 Å². The number of phenols is 1. The Morgan fingerprint density at radius 3 is 1.16 bits per heavy atom. The summed E-state index contributed by atoms with van der Waals surface area (Å²) in [6, 6.07) is 17.8. The minimum Gasteiger partial charge on any atom is -0.508 e. The topological polar surface area (TPSA) is 80.9 Å². The summed E-state index contributed by atoms with van der Waals surface area (Å²) >= 11 is 0. The monoisotopic (exact) mass is 636 g/mol. The SMILES string of the molecule is CC(C)(c1ccccc1)c1ccc(O)cc1.CC(C)O.CCCCCCCCCCO.CCCCCCCCCCO.[Ti]. The average Bonchev–Trinajstić information content (AvgIpc) is 2.97. The Bertz CT molecular complexity index is 742. The van der Waals surface area contributed by atoms with Gasteiger partial charge in [-0.05, 0) is 49.9 Å². The maximum atomic E-state index is 9.29. The first-order valence-electron chi connectivity index (χ1n) is 16.9. The van der Waals surface area contributed by atoms with Crippen molar-refractivity contribution >= 4 is 0 Å². The zero-order chi connectivity index (χ0) is 31.9. The Morgan fingerprint density at radius 1 is 0.535 bits per heavy atom. The van der Waals surface area contributed by atoms with Crippen molar-refractivity contribution in [2.45, 2.75) is 156 Å². The van der Waals surface area contributed by atoms with Crippen LogP contribution in [0.25, 0.3) is 0 Å². The standard InChI is InChI=1S/C15H16O.2C10H22O.C3H8O.Ti/c1-15(2,12-6-4-3-5-7-12)13-8-10-14(16)11-9-13;2*1-2-3-4-5-6-7-8-9-10-11;1-3(2)4;/h3-11,16H,1-2H3;2*11H,2-10H2,1H3;3-4H,1-2H3;. The van der Waals surface area contributed by atoms with Crippen LogP contribution in [0.5, 0.6) is 5.75 Å². The minimum absolute atomic E-state index is 0. The Morgan fingerprint density at radius 2 is 0.837 bits per heavy atom. The minimum atomic E-state index is -0.167. The van der Waals surface area contributed by atoms with Crippen molar-refractivity contribution in [3.05, 3.63) is 65.7 Å². The Hall–Kier alpha value is -1.17. The van der Waals surface area contributed by atoms with E-state index in [0.717, 1.165) is 12.8 Å². The van der Waals surface area contributed by atoms with Gasteiger partial charge in [0, 0.05) is 46.5 Å². The van der Waals surface area contributed by atoms with Crippen molar-refractivity contribution in [2.75, 3.05) is 13.2 Å². The van der Waals surface area contributed by atoms with Crippen molar-refractivity contribution in [1.82, 2.24) is 0 Å². The maximum absolute atomic E-state index is 9.29. The summed E-state index contributed by atoms with van der Waals surface area (Å²) in [5.74, 6) is 0.313. The summed E-state index contributed by atoms with van der Waals surface area (Å²) in [6.07, 6.45) is 20.6. The van der Waals surface area contributed by atoms with E-state index in [9.17, 15) is 5.11 Å². The van der Waals surface area contributed by atoms with E-state index in [0.29, 0.717) is 19.0 Å². The van der Waals surface area contributed by atoms with Gasteiger partial charge in [-0.1, -0.05) is 160 Å². The third-order valence-electron chi connectivity index (χ3n) is 7.11. The first-order chi connectivity index (χ1) is 20.2. The van der Waals surface area contributed by atoms with Crippen molar-refractivity contribution < 1.29 is 42.1 Å². The molecule has 2 rings (SSSR count). The van der Waals surface area contributed by atoms with Gasteiger partial charge in [-0.2, -0.15) is 0 Å². The summed E-state index contributed by atoms with van der Waals surface area (Å²) in [5.41, 5.74) is 2.45. The van der Waals surface area contributed by atoms with Crippen molar-refractivity contribution in [3.63, 3.8) is 0 Å². The number of rotatable bonds is 18. The Balaban J connectivity index is -0.000000533. The Labute approximate surface area is 281 Å². The fourth-order valence-corrected chi connectivity index (χ4v) is 4.39. The molecule has 4 N–H and O–H groups in total. The first-order valence-corrected chi connectivity index (χ1v) is 16.9. The molecule has 0 bridgehead atoms. The van der Waals surface area contributed by atoms with Gasteiger partial charge in [0.2, 0.25) is 0 Å². The maximum Gasteiger partial charge on any atom is 0.115 e. The molecule has 4 nitrogen and oxygen atoms in total. The van der Waals surface area contributed by atoms with Crippen molar-refractivity contribution in [2.24, 2.45) is 0 Å². The van der Waals surface area contributed by atoms with Gasteiger partial charge in [0.05, 0.1) is 0 Å². The zero-order valence-corrected chi connectivity index (χ0v) is 30.4. The van der Waals surface area contributed by atoms with Crippen molar-refractivity contribution in [1.29, 1.82) is 0 Å². The van der Waals surface area contributed by atoms with Crippen LogP contribution in [0.4, 0.5) is 0 Å². The van der Waals surface area contributed by atoms with Crippen LogP contribution in [0.3, 0.4) is 0 Å². The summed E-state index contributed by atoms with van der Waals surface area (Å²) < 4.78 is 0. The fourth-order valence-electron chi connectivity index (χ4n) is 4.39. The van der Waals surface area contributed by atoms with Crippen LogP contribution in [0.1, 0.15) is 155 Å². The molecule has 2 aromatic carbocycles. The Kier molecular flexibility index (Phi) is 36.3. The van der Waals surface area contributed by atoms with Gasteiger partial charge in [-0.15, -0.1) is 0 Å². The van der Waals surface area contributed by atoms with Crippen LogP contribution in [-0.4, -0.2) is 39.7 Å². The van der Waals surface area contributed by atoms with Crippen LogP contribution in [-0.2, 0) is 27.1 Å². The largest absolute Gasteiger partial charge is 0.508 e. The summed E-state index contributed by atoms with van der Waals surface area (Å²) in [6.45, 7) is 13.0. The van der Waals surface area contributed by atoms with E-state index in [1.54, 1.807) is 26.0 Å². The molecule has 43 heavy (non-hydrogen) atoms. The molecule has 0 amide bonds. The van der Waals surface area contributed by atoms with Crippen molar-refractivity contribution in [3.8, 4) is 5.75 Å². The van der Waals surface area contributed by atoms with Gasteiger partial charge in [0.15, 0.2) is 0 Å². The van der Waals surface area contributed by atoms with E-state index >= 15 is 0 Å². The van der Waals surface area contributed by atoms with Gasteiger partial charge < -0.3 is 20.4 Å². The molecule has 2 aromatic rings. The fraction of sp³-hybridized carbons (Fsp3) is 0.684. The third kappa shape index (κ3) is 30.6. The van der Waals surface area contributed by atoms with Crippen LogP contribution < -0.4 is 0 Å². The van der Waals surface area contributed by atoms with E-state index < -0.39 is 0 Å². The summed E-state index contributed by atoms with van der Waals surface area (Å²) in [7, 11) is 0. The van der Waals surface area contributed by atoms with Gasteiger partial charge in [0.25, 0.3) is 0 Å². The molecule has 0 fully saturated rings. The molecular weight excluding hydrogens is 568 g/mol. The van der Waals surface area contributed by atoms with E-state index in [-0.39, 0.29) is 33.2 Å². The molecule has 0 radical (unpaired) electrons. The summed E-state index contributed by atoms with van der Waals surface area (Å²) in [5, 5.41) is 34.4. The van der Waals surface area contributed by atoms with Gasteiger partial charge >= 0.3 is 0 Å². The number of benzene rings is 2. The van der Waals surface area contributed by atoms with E-state index in [2.05, 4.69) is 52.0 Å². The molecule has 5 heteroatoms. The number of aliphatic hydroxyl groups is 3. The molecule has 0 saturated heterocycles. The summed E-state index contributed by atoms with van der Waals surface area (Å²) in [4.78, 5) is 0. The second kappa shape index (κ2) is 33.7. The van der Waals surface area contributed by atoms with Crippen LogP contribution in [0.2, 0.25) is 0 Å². The predicted octanol–water partition coefficient (Wildman–Crippen LogP) is 10.3. The normalized spacial score (nSPS) is 10.4. The molecule has 0 aromatic heterocycles. The van der Waals surface area contributed by atoms with Crippen LogP contribution >= 0.6 is 0 Å². The molecule has 0 heterocycles. The third-order valence-corrected chi connectivity index (χ3v) is 7.11. The number of hydrogen-bond acceptors (Lipinski definition) is 4. The van der Waals surface area contributed by atoms with E-state index in [1.807, 2.05) is 18.2 Å². The number of hydrogen-bond donors (Lipinski definition) is 4.